The van der Waals surface area contributed by atoms with Crippen molar-refractivity contribution in [3.63, 3.8) is 0 Å². The Hall–Kier alpha value is -3.97. The number of carboxylic acid groups (broad SMARTS) is 1. The Labute approximate surface area is 274 Å². The van der Waals surface area contributed by atoms with Crippen LogP contribution in [0.25, 0.3) is 11.2 Å². The number of piperidine rings is 1. The second-order valence-electron chi connectivity index (χ2n) is 14.3. The zero-order valence-electron chi connectivity index (χ0n) is 27.7. The molecule has 3 saturated heterocycles. The van der Waals surface area contributed by atoms with Gasteiger partial charge in [-0.25, -0.2) is 24.2 Å². The van der Waals surface area contributed by atoms with Crippen molar-refractivity contribution in [2.24, 2.45) is 5.41 Å². The smallest absolute Gasteiger partial charge is 0.407 e. The van der Waals surface area contributed by atoms with Crippen molar-refractivity contribution in [2.75, 3.05) is 42.6 Å². The number of nitrogens with one attached hydrogen (secondary N) is 1. The van der Waals surface area contributed by atoms with Crippen LogP contribution >= 0.6 is 0 Å². The quantitative estimate of drug-likeness (QED) is 0.377. The molecule has 0 bridgehead atoms. The highest BCUT2D eigenvalue weighted by Crippen LogP contribution is 2.44. The van der Waals surface area contributed by atoms with Crippen LogP contribution in [0.5, 0.6) is 0 Å². The predicted octanol–water partition coefficient (Wildman–Crippen LogP) is 5.21. The van der Waals surface area contributed by atoms with E-state index in [1.165, 1.54) is 0 Å². The van der Waals surface area contributed by atoms with Crippen molar-refractivity contribution in [2.45, 2.75) is 96.6 Å². The number of carboxylic acids is 1. The lowest BCUT2D eigenvalue weighted by Gasteiger charge is -2.42. The SMILES string of the molecule is C[C@@H]1OCC2(CCN(c3cnc4c(N5CCCc6c(C(=O)O)cccc65)nn(C5CCCCO5)c4n3)CC2)[C@@H]1NC(=O)OC(C)(C)C. The Morgan fingerprint density at radius 2 is 1.91 bits per heavy atom. The van der Waals surface area contributed by atoms with Gasteiger partial charge in [0.05, 0.1) is 30.5 Å². The number of aromatic carboxylic acids is 1. The van der Waals surface area contributed by atoms with Crippen molar-refractivity contribution in [1.29, 1.82) is 0 Å². The van der Waals surface area contributed by atoms with E-state index in [0.29, 0.717) is 48.7 Å². The van der Waals surface area contributed by atoms with Gasteiger partial charge >= 0.3 is 12.1 Å². The number of ether oxygens (including phenoxy) is 3. The van der Waals surface area contributed by atoms with Crippen molar-refractivity contribution >= 4 is 40.5 Å². The number of benzene rings is 1. The molecule has 2 N–H and O–H groups in total. The molecule has 252 valence electrons. The lowest BCUT2D eigenvalue weighted by Crippen LogP contribution is -2.55. The van der Waals surface area contributed by atoms with Crippen molar-refractivity contribution in [1.82, 2.24) is 25.1 Å². The van der Waals surface area contributed by atoms with Gasteiger partial charge in [0, 0.05) is 37.3 Å². The fourth-order valence-corrected chi connectivity index (χ4v) is 7.70. The summed E-state index contributed by atoms with van der Waals surface area (Å²) in [5, 5.41) is 18.1. The highest BCUT2D eigenvalue weighted by atomic mass is 16.6. The molecule has 0 saturated carbocycles. The van der Waals surface area contributed by atoms with Crippen molar-refractivity contribution in [3.8, 4) is 0 Å². The fraction of sp³-hybridized carbons (Fsp3) is 0.618. The summed E-state index contributed by atoms with van der Waals surface area (Å²) in [6.07, 6.45) is 7.08. The summed E-state index contributed by atoms with van der Waals surface area (Å²) in [5.74, 6) is 0.516. The van der Waals surface area contributed by atoms with Crippen LogP contribution in [-0.2, 0) is 20.6 Å². The molecule has 4 aliphatic rings. The predicted molar refractivity (Wildman–Crippen MR) is 175 cm³/mol. The third kappa shape index (κ3) is 5.99. The zero-order chi connectivity index (χ0) is 32.9. The molecule has 7 rings (SSSR count). The summed E-state index contributed by atoms with van der Waals surface area (Å²) >= 11 is 0. The third-order valence-corrected chi connectivity index (χ3v) is 10.1. The molecule has 1 amide bonds. The molecule has 1 spiro atoms. The number of aromatic nitrogens is 4. The first-order valence-electron chi connectivity index (χ1n) is 16.9. The lowest BCUT2D eigenvalue weighted by atomic mass is 9.73. The number of alkyl carbamates (subject to hydrolysis) is 1. The Balaban J connectivity index is 1.18. The van der Waals surface area contributed by atoms with E-state index in [4.69, 9.17) is 29.3 Å². The molecule has 2 aromatic heterocycles. The molecular weight excluding hydrogens is 602 g/mol. The van der Waals surface area contributed by atoms with Crippen molar-refractivity contribution in [3.05, 3.63) is 35.5 Å². The van der Waals surface area contributed by atoms with Gasteiger partial charge in [0.2, 0.25) is 0 Å². The van der Waals surface area contributed by atoms with Gasteiger partial charge in [-0.15, -0.1) is 5.10 Å². The molecule has 13 nitrogen and oxygen atoms in total. The molecule has 1 aromatic carbocycles. The molecule has 3 atom stereocenters. The van der Waals surface area contributed by atoms with Crippen LogP contribution in [0, 0.1) is 5.41 Å². The van der Waals surface area contributed by atoms with Crippen molar-refractivity contribution < 1.29 is 28.9 Å². The van der Waals surface area contributed by atoms with E-state index in [9.17, 15) is 14.7 Å². The third-order valence-electron chi connectivity index (χ3n) is 10.1. The van der Waals surface area contributed by atoms with Crippen LogP contribution in [0.3, 0.4) is 0 Å². The fourth-order valence-electron chi connectivity index (χ4n) is 7.70. The first kappa shape index (κ1) is 31.6. The number of amides is 1. The number of carbonyl (C=O) groups excluding carboxylic acids is 1. The molecule has 4 aliphatic heterocycles. The summed E-state index contributed by atoms with van der Waals surface area (Å²) < 4.78 is 19.7. The Bertz CT molecular complexity index is 1650. The normalized spacial score (nSPS) is 24.4. The lowest BCUT2D eigenvalue weighted by molar-refractivity contribution is -0.0368. The van der Waals surface area contributed by atoms with Gasteiger partial charge in [-0.2, -0.15) is 0 Å². The molecule has 3 fully saturated rings. The van der Waals surface area contributed by atoms with E-state index in [2.05, 4.69) is 15.1 Å². The summed E-state index contributed by atoms with van der Waals surface area (Å²) in [6, 6.07) is 5.28. The number of hydrogen-bond donors (Lipinski definition) is 2. The van der Waals surface area contributed by atoms with Crippen LogP contribution in [0.4, 0.5) is 22.1 Å². The molecule has 0 radical (unpaired) electrons. The molecule has 47 heavy (non-hydrogen) atoms. The van der Waals surface area contributed by atoms with Gasteiger partial charge in [0.1, 0.15) is 11.4 Å². The number of rotatable bonds is 5. The van der Waals surface area contributed by atoms with Crippen LogP contribution in [0.15, 0.2) is 24.4 Å². The molecule has 3 aromatic rings. The Morgan fingerprint density at radius 3 is 2.64 bits per heavy atom. The minimum absolute atomic E-state index is 0.111. The van der Waals surface area contributed by atoms with E-state index >= 15 is 0 Å². The van der Waals surface area contributed by atoms with Gasteiger partial charge in [-0.3, -0.25) is 0 Å². The summed E-state index contributed by atoms with van der Waals surface area (Å²) in [6.45, 7) is 11.0. The average Bonchev–Trinajstić information content (AvgIpc) is 3.57. The minimum atomic E-state index is -0.923. The maximum Gasteiger partial charge on any atom is 0.407 e. The maximum absolute atomic E-state index is 12.7. The van der Waals surface area contributed by atoms with Gasteiger partial charge in [0.15, 0.2) is 23.2 Å². The number of nitrogens with zero attached hydrogens (tertiary/aromatic N) is 6. The number of anilines is 3. The molecule has 6 heterocycles. The largest absolute Gasteiger partial charge is 0.478 e. The Kier molecular flexibility index (Phi) is 8.23. The first-order valence-corrected chi connectivity index (χ1v) is 16.9. The topological polar surface area (TPSA) is 144 Å². The van der Waals surface area contributed by atoms with E-state index in [1.54, 1.807) is 12.1 Å². The second kappa shape index (κ2) is 12.2. The second-order valence-corrected chi connectivity index (χ2v) is 14.3. The standard InChI is InChI=1S/C34H45N7O6/c1-21-28(37-32(44)47-33(2,3)4)34(20-46-21)13-16-39(17-14-34)25-19-35-27-29(36-25)41(26-12-5-6-18-45-26)38-30(27)40-15-8-10-22-23(31(42)43)9-7-11-24(22)40/h7,9,11,19,21,26,28H,5-6,8,10,12-18,20H2,1-4H3,(H,37,44)(H,42,43)/t21-,26?,28+/m0/s1. The van der Waals surface area contributed by atoms with E-state index in [1.807, 2.05) is 44.6 Å². The Morgan fingerprint density at radius 1 is 1.11 bits per heavy atom. The van der Waals surface area contributed by atoms with Gasteiger partial charge in [-0.05, 0) is 90.3 Å². The minimum Gasteiger partial charge on any atom is -0.478 e. The number of carbonyl (C=O) groups is 2. The summed E-state index contributed by atoms with van der Waals surface area (Å²) in [4.78, 5) is 39.2. The molecule has 1 unspecified atom stereocenters. The number of hydrogen-bond acceptors (Lipinski definition) is 10. The highest BCUT2D eigenvalue weighted by Gasteiger charge is 2.50. The zero-order valence-corrected chi connectivity index (χ0v) is 27.7. The first-order chi connectivity index (χ1) is 22.5. The van der Waals surface area contributed by atoms with Gasteiger partial charge in [-0.1, -0.05) is 6.07 Å². The van der Waals surface area contributed by atoms with Crippen LogP contribution in [0.1, 0.15) is 88.4 Å². The molecule has 0 aliphatic carbocycles. The maximum atomic E-state index is 12.7. The van der Waals surface area contributed by atoms with Crippen LogP contribution < -0.4 is 15.1 Å². The molecular formula is C34H45N7O6. The summed E-state index contributed by atoms with van der Waals surface area (Å²) in [5.41, 5.74) is 2.56. The summed E-state index contributed by atoms with van der Waals surface area (Å²) in [7, 11) is 0. The monoisotopic (exact) mass is 647 g/mol. The average molecular weight is 648 g/mol. The van der Waals surface area contributed by atoms with E-state index < -0.39 is 17.7 Å². The van der Waals surface area contributed by atoms with Gasteiger partial charge in [0.25, 0.3) is 0 Å². The van der Waals surface area contributed by atoms with Crippen LogP contribution in [0.2, 0.25) is 0 Å². The highest BCUT2D eigenvalue weighted by molar-refractivity contribution is 5.94. The van der Waals surface area contributed by atoms with E-state index in [-0.39, 0.29) is 23.8 Å². The van der Waals surface area contributed by atoms with Crippen LogP contribution in [-0.4, -0.2) is 87.5 Å². The number of fused-ring (bicyclic) bond motifs is 2. The van der Waals surface area contributed by atoms with E-state index in [0.717, 1.165) is 68.7 Å². The molecule has 13 heteroatoms. The van der Waals surface area contributed by atoms with Gasteiger partial charge < -0.3 is 34.4 Å².